The van der Waals surface area contributed by atoms with Crippen molar-refractivity contribution in [3.05, 3.63) is 48.2 Å². The number of nitrogens with zero attached hydrogens (tertiary/aromatic N) is 2. The molecule has 0 saturated heterocycles. The van der Waals surface area contributed by atoms with Crippen LogP contribution in [0.15, 0.2) is 42.6 Å². The van der Waals surface area contributed by atoms with Gasteiger partial charge in [-0.25, -0.2) is 4.98 Å². The fourth-order valence-electron chi connectivity index (χ4n) is 2.13. The summed E-state index contributed by atoms with van der Waals surface area (Å²) < 4.78 is 5.61. The second-order valence-corrected chi connectivity index (χ2v) is 4.94. The van der Waals surface area contributed by atoms with Gasteiger partial charge in [0.2, 0.25) is 0 Å². The van der Waals surface area contributed by atoms with Crippen LogP contribution in [-0.4, -0.2) is 36.9 Å². The highest BCUT2D eigenvalue weighted by molar-refractivity contribution is 5.49. The summed E-state index contributed by atoms with van der Waals surface area (Å²) in [5.41, 5.74) is 2.09. The molecule has 0 fully saturated rings. The lowest BCUT2D eigenvalue weighted by Crippen LogP contribution is -2.21. The van der Waals surface area contributed by atoms with E-state index in [1.54, 1.807) is 6.20 Å². The van der Waals surface area contributed by atoms with Gasteiger partial charge in [0.1, 0.15) is 11.6 Å². The summed E-state index contributed by atoms with van der Waals surface area (Å²) in [6, 6.07) is 11.9. The maximum Gasteiger partial charge on any atom is 0.126 e. The predicted octanol–water partition coefficient (Wildman–Crippen LogP) is 2.52. The van der Waals surface area contributed by atoms with E-state index in [4.69, 9.17) is 9.84 Å². The number of para-hydroxylation sites is 1. The van der Waals surface area contributed by atoms with Crippen molar-refractivity contribution in [2.75, 3.05) is 37.0 Å². The molecule has 2 aromatic rings. The minimum atomic E-state index is 0.130. The van der Waals surface area contributed by atoms with Gasteiger partial charge in [-0.1, -0.05) is 18.2 Å². The van der Waals surface area contributed by atoms with Crippen molar-refractivity contribution in [2.45, 2.75) is 13.5 Å². The number of anilines is 2. The monoisotopic (exact) mass is 301 g/mol. The Kier molecular flexibility index (Phi) is 6.03. The van der Waals surface area contributed by atoms with E-state index < -0.39 is 0 Å². The summed E-state index contributed by atoms with van der Waals surface area (Å²) >= 11 is 0. The second kappa shape index (κ2) is 8.24. The average molecular weight is 301 g/mol. The molecule has 1 heterocycles. The van der Waals surface area contributed by atoms with Crippen LogP contribution in [0, 0.1) is 0 Å². The van der Waals surface area contributed by atoms with E-state index in [0.29, 0.717) is 19.7 Å². The Morgan fingerprint density at radius 2 is 2.05 bits per heavy atom. The Morgan fingerprint density at radius 1 is 1.23 bits per heavy atom. The van der Waals surface area contributed by atoms with Gasteiger partial charge in [-0.3, -0.25) is 0 Å². The molecule has 0 amide bonds. The van der Waals surface area contributed by atoms with Crippen molar-refractivity contribution in [3.63, 3.8) is 0 Å². The first-order chi connectivity index (χ1) is 10.7. The third kappa shape index (κ3) is 4.36. The van der Waals surface area contributed by atoms with Crippen LogP contribution in [0.3, 0.4) is 0 Å². The molecular weight excluding hydrogens is 278 g/mol. The first kappa shape index (κ1) is 16.1. The van der Waals surface area contributed by atoms with Crippen molar-refractivity contribution < 1.29 is 9.84 Å². The molecule has 5 nitrogen and oxygen atoms in total. The van der Waals surface area contributed by atoms with E-state index >= 15 is 0 Å². The van der Waals surface area contributed by atoms with Crippen molar-refractivity contribution >= 4 is 11.5 Å². The summed E-state index contributed by atoms with van der Waals surface area (Å²) in [7, 11) is 1.93. The zero-order chi connectivity index (χ0) is 15.8. The quantitative estimate of drug-likeness (QED) is 0.784. The van der Waals surface area contributed by atoms with Crippen LogP contribution in [0.1, 0.15) is 12.5 Å². The van der Waals surface area contributed by atoms with Crippen LogP contribution in [0.2, 0.25) is 0 Å². The fraction of sp³-hybridized carbons (Fsp3) is 0.353. The van der Waals surface area contributed by atoms with Gasteiger partial charge in [0, 0.05) is 25.7 Å². The molecule has 0 atom stereocenters. The Labute approximate surface area is 131 Å². The van der Waals surface area contributed by atoms with Gasteiger partial charge in [0.05, 0.1) is 25.1 Å². The average Bonchev–Trinajstić information content (AvgIpc) is 2.55. The number of likely N-dealkylation sites (N-methyl/N-ethyl adjacent to an activating group) is 1. The Bertz CT molecular complexity index is 572. The van der Waals surface area contributed by atoms with Gasteiger partial charge in [0.15, 0.2) is 0 Å². The number of aromatic nitrogens is 1. The first-order valence-electron chi connectivity index (χ1n) is 7.47. The number of hydrogen-bond donors (Lipinski definition) is 2. The van der Waals surface area contributed by atoms with Gasteiger partial charge in [0.25, 0.3) is 0 Å². The molecule has 0 spiro atoms. The van der Waals surface area contributed by atoms with E-state index in [1.165, 1.54) is 0 Å². The third-order valence-corrected chi connectivity index (χ3v) is 3.36. The molecule has 1 aromatic carbocycles. The van der Waals surface area contributed by atoms with Crippen molar-refractivity contribution in [2.24, 2.45) is 0 Å². The minimum absolute atomic E-state index is 0.130. The maximum absolute atomic E-state index is 8.95. The molecule has 0 aliphatic heterocycles. The molecule has 0 saturated carbocycles. The largest absolute Gasteiger partial charge is 0.494 e. The molecule has 0 aliphatic rings. The lowest BCUT2D eigenvalue weighted by atomic mass is 10.2. The Hall–Kier alpha value is -2.27. The highest BCUT2D eigenvalue weighted by Crippen LogP contribution is 2.20. The number of aliphatic hydroxyl groups excluding tert-OH is 1. The van der Waals surface area contributed by atoms with Gasteiger partial charge >= 0.3 is 0 Å². The highest BCUT2D eigenvalue weighted by Gasteiger charge is 2.04. The van der Waals surface area contributed by atoms with E-state index in [1.807, 2.05) is 55.3 Å². The van der Waals surface area contributed by atoms with Crippen LogP contribution < -0.4 is 15.0 Å². The molecule has 0 radical (unpaired) electrons. The predicted molar refractivity (Wildman–Crippen MR) is 89.5 cm³/mol. The number of pyridine rings is 1. The number of nitrogens with one attached hydrogen (secondary N) is 1. The lowest BCUT2D eigenvalue weighted by molar-refractivity contribution is 0.304. The Balaban J connectivity index is 1.97. The summed E-state index contributed by atoms with van der Waals surface area (Å²) in [6.45, 7) is 4.02. The van der Waals surface area contributed by atoms with Gasteiger partial charge < -0.3 is 20.1 Å². The smallest absolute Gasteiger partial charge is 0.126 e. The van der Waals surface area contributed by atoms with Crippen LogP contribution in [0.25, 0.3) is 0 Å². The van der Waals surface area contributed by atoms with Crippen molar-refractivity contribution in [1.82, 2.24) is 4.98 Å². The summed E-state index contributed by atoms with van der Waals surface area (Å²) in [5.74, 6) is 1.71. The van der Waals surface area contributed by atoms with Crippen LogP contribution in [0.5, 0.6) is 5.75 Å². The Morgan fingerprint density at radius 3 is 2.73 bits per heavy atom. The summed E-state index contributed by atoms with van der Waals surface area (Å²) in [4.78, 5) is 6.36. The number of aliphatic hydroxyl groups is 1. The van der Waals surface area contributed by atoms with Gasteiger partial charge in [-0.05, 0) is 25.1 Å². The summed E-state index contributed by atoms with van der Waals surface area (Å²) in [6.07, 6.45) is 1.80. The standard InChI is InChI=1S/C17H23N3O2/c1-3-22-16-7-5-4-6-14(16)12-18-17-9-8-15(13-19-17)20(2)10-11-21/h4-9,13,21H,3,10-12H2,1-2H3,(H,18,19). The number of benzene rings is 1. The first-order valence-corrected chi connectivity index (χ1v) is 7.47. The van der Waals surface area contributed by atoms with Crippen LogP contribution in [0.4, 0.5) is 11.5 Å². The topological polar surface area (TPSA) is 57.6 Å². The van der Waals surface area contributed by atoms with Crippen molar-refractivity contribution in [3.8, 4) is 5.75 Å². The summed E-state index contributed by atoms with van der Waals surface area (Å²) in [5, 5.41) is 12.2. The van der Waals surface area contributed by atoms with E-state index in [0.717, 1.165) is 22.8 Å². The molecule has 22 heavy (non-hydrogen) atoms. The lowest BCUT2D eigenvalue weighted by Gasteiger charge is -2.17. The van der Waals surface area contributed by atoms with Gasteiger partial charge in [-0.15, -0.1) is 0 Å². The molecular formula is C17H23N3O2. The molecule has 1 aromatic heterocycles. The number of ether oxygens (including phenoxy) is 1. The molecule has 0 unspecified atom stereocenters. The van der Waals surface area contributed by atoms with Crippen molar-refractivity contribution in [1.29, 1.82) is 0 Å². The fourth-order valence-corrected chi connectivity index (χ4v) is 2.13. The number of rotatable bonds is 8. The normalized spacial score (nSPS) is 10.3. The van der Waals surface area contributed by atoms with Crippen LogP contribution >= 0.6 is 0 Å². The molecule has 2 rings (SSSR count). The third-order valence-electron chi connectivity index (χ3n) is 3.36. The zero-order valence-corrected chi connectivity index (χ0v) is 13.1. The highest BCUT2D eigenvalue weighted by atomic mass is 16.5. The second-order valence-electron chi connectivity index (χ2n) is 4.94. The molecule has 0 bridgehead atoms. The van der Waals surface area contributed by atoms with E-state index in [-0.39, 0.29) is 6.61 Å². The number of hydrogen-bond acceptors (Lipinski definition) is 5. The van der Waals surface area contributed by atoms with E-state index in [2.05, 4.69) is 10.3 Å². The van der Waals surface area contributed by atoms with E-state index in [9.17, 15) is 0 Å². The molecule has 2 N–H and O–H groups in total. The molecule has 0 aliphatic carbocycles. The SMILES string of the molecule is CCOc1ccccc1CNc1ccc(N(C)CCO)cn1. The molecule has 118 valence electrons. The van der Waals surface area contributed by atoms with Gasteiger partial charge in [-0.2, -0.15) is 0 Å². The minimum Gasteiger partial charge on any atom is -0.494 e. The van der Waals surface area contributed by atoms with Crippen LogP contribution in [-0.2, 0) is 6.54 Å². The molecule has 5 heteroatoms. The maximum atomic E-state index is 8.95. The zero-order valence-electron chi connectivity index (χ0n) is 13.1.